The van der Waals surface area contributed by atoms with Gasteiger partial charge in [0, 0.05) is 0 Å². The smallest absolute Gasteiger partial charge is 0.494 e. The van der Waals surface area contributed by atoms with E-state index < -0.39 is 7.12 Å². The highest BCUT2D eigenvalue weighted by Crippen LogP contribution is 2.50. The average Bonchev–Trinajstić information content (AvgIpc) is 3.01. The van der Waals surface area contributed by atoms with E-state index in [4.69, 9.17) is 9.31 Å². The van der Waals surface area contributed by atoms with Crippen molar-refractivity contribution in [3.63, 3.8) is 0 Å². The molecule has 4 heteroatoms. The number of rotatable bonds is 2. The van der Waals surface area contributed by atoms with E-state index >= 15 is 0 Å². The van der Waals surface area contributed by atoms with Crippen LogP contribution in [0.5, 0.6) is 5.75 Å². The third-order valence-corrected chi connectivity index (χ3v) is 5.20. The van der Waals surface area contributed by atoms with Crippen molar-refractivity contribution < 1.29 is 14.4 Å². The van der Waals surface area contributed by atoms with E-state index in [1.807, 2.05) is 39.8 Å². The number of hydrogen-bond donors (Lipinski definition) is 1. The van der Waals surface area contributed by atoms with Gasteiger partial charge in [-0.2, -0.15) is 0 Å². The van der Waals surface area contributed by atoms with E-state index in [1.54, 1.807) is 6.07 Å². The second-order valence-electron chi connectivity index (χ2n) is 7.43. The Labute approximate surface area is 121 Å². The third kappa shape index (κ3) is 2.06. The Bertz CT molecular complexity index is 531. The highest BCUT2D eigenvalue weighted by Gasteiger charge is 2.52. The van der Waals surface area contributed by atoms with Crippen LogP contribution in [0, 0.1) is 0 Å². The van der Waals surface area contributed by atoms with Crippen LogP contribution in [0.1, 0.15) is 53.0 Å². The molecular formula is C16H23BO3. The summed E-state index contributed by atoms with van der Waals surface area (Å²) in [6.45, 7) is 10.3. The topological polar surface area (TPSA) is 38.7 Å². The Kier molecular flexibility index (Phi) is 2.80. The second-order valence-corrected chi connectivity index (χ2v) is 7.43. The summed E-state index contributed by atoms with van der Waals surface area (Å²) < 4.78 is 12.0. The van der Waals surface area contributed by atoms with Crippen molar-refractivity contribution in [1.82, 2.24) is 0 Å². The lowest BCUT2D eigenvalue weighted by molar-refractivity contribution is 0.00578. The van der Waals surface area contributed by atoms with Crippen LogP contribution in [0.2, 0.25) is 0 Å². The quantitative estimate of drug-likeness (QED) is 0.843. The number of hydrogen-bond acceptors (Lipinski definition) is 3. The first-order chi connectivity index (χ1) is 9.15. The van der Waals surface area contributed by atoms with Crippen molar-refractivity contribution in [3.05, 3.63) is 23.8 Å². The SMILES string of the molecule is CC1(c2ccc(B3OC(C)(C)C(C)(C)O3)cc2O)CC1. The molecule has 0 atom stereocenters. The van der Waals surface area contributed by atoms with E-state index in [1.165, 1.54) is 0 Å². The van der Waals surface area contributed by atoms with Gasteiger partial charge >= 0.3 is 7.12 Å². The van der Waals surface area contributed by atoms with Crippen LogP contribution >= 0.6 is 0 Å². The molecule has 1 saturated heterocycles. The lowest BCUT2D eigenvalue weighted by Crippen LogP contribution is -2.41. The van der Waals surface area contributed by atoms with Gasteiger partial charge < -0.3 is 14.4 Å². The van der Waals surface area contributed by atoms with Crippen LogP contribution in [0.15, 0.2) is 18.2 Å². The Balaban J connectivity index is 1.88. The first kappa shape index (κ1) is 14.0. The Morgan fingerprint density at radius 1 is 1.00 bits per heavy atom. The predicted molar refractivity (Wildman–Crippen MR) is 80.4 cm³/mol. The third-order valence-electron chi connectivity index (χ3n) is 5.20. The molecule has 1 aromatic carbocycles. The van der Waals surface area contributed by atoms with Crippen molar-refractivity contribution >= 4 is 12.6 Å². The molecule has 0 spiro atoms. The molecule has 3 rings (SSSR count). The zero-order valence-corrected chi connectivity index (χ0v) is 13.0. The van der Waals surface area contributed by atoms with Gasteiger partial charge in [0.1, 0.15) is 5.75 Å². The summed E-state index contributed by atoms with van der Waals surface area (Å²) in [4.78, 5) is 0. The van der Waals surface area contributed by atoms with Crippen molar-refractivity contribution in [1.29, 1.82) is 0 Å². The average molecular weight is 274 g/mol. The number of phenols is 1. The molecule has 1 N–H and O–H groups in total. The Morgan fingerprint density at radius 3 is 2.00 bits per heavy atom. The van der Waals surface area contributed by atoms with Crippen molar-refractivity contribution in [2.24, 2.45) is 0 Å². The number of phenolic OH excluding ortho intramolecular Hbond substituents is 1. The van der Waals surface area contributed by atoms with Gasteiger partial charge in [-0.25, -0.2) is 0 Å². The van der Waals surface area contributed by atoms with Crippen molar-refractivity contribution in [2.75, 3.05) is 0 Å². The highest BCUT2D eigenvalue weighted by atomic mass is 16.7. The van der Waals surface area contributed by atoms with Gasteiger partial charge in [-0.15, -0.1) is 0 Å². The molecule has 0 aromatic heterocycles. The first-order valence-electron chi connectivity index (χ1n) is 7.34. The summed E-state index contributed by atoms with van der Waals surface area (Å²) in [5, 5.41) is 10.3. The standard InChI is InChI=1S/C16H23BO3/c1-14(2)15(3,4)20-17(19-14)11-6-7-12(13(18)10-11)16(5)8-9-16/h6-7,10,18H,8-9H2,1-5H3. The monoisotopic (exact) mass is 274 g/mol. The van der Waals surface area contributed by atoms with Crippen LogP contribution in [0.4, 0.5) is 0 Å². The number of aromatic hydroxyl groups is 1. The van der Waals surface area contributed by atoms with Crippen LogP contribution in [-0.2, 0) is 14.7 Å². The fraction of sp³-hybridized carbons (Fsp3) is 0.625. The fourth-order valence-corrected chi connectivity index (χ4v) is 2.64. The molecular weight excluding hydrogens is 251 g/mol. The van der Waals surface area contributed by atoms with E-state index in [0.717, 1.165) is 23.9 Å². The molecule has 1 saturated carbocycles. The Hall–Kier alpha value is -0.995. The van der Waals surface area contributed by atoms with Crippen LogP contribution in [-0.4, -0.2) is 23.4 Å². The molecule has 2 fully saturated rings. The van der Waals surface area contributed by atoms with Crippen LogP contribution < -0.4 is 5.46 Å². The van der Waals surface area contributed by atoms with Gasteiger partial charge in [-0.3, -0.25) is 0 Å². The molecule has 2 aliphatic rings. The summed E-state index contributed by atoms with van der Waals surface area (Å²) in [5.41, 5.74) is 1.38. The molecule has 3 nitrogen and oxygen atoms in total. The van der Waals surface area contributed by atoms with E-state index in [2.05, 4.69) is 6.92 Å². The maximum absolute atomic E-state index is 10.3. The molecule has 0 bridgehead atoms. The van der Waals surface area contributed by atoms with Gasteiger partial charge in [0.25, 0.3) is 0 Å². The van der Waals surface area contributed by atoms with Gasteiger partial charge in [0.2, 0.25) is 0 Å². The minimum atomic E-state index is -0.410. The summed E-state index contributed by atoms with van der Waals surface area (Å²) in [6, 6.07) is 5.82. The zero-order valence-electron chi connectivity index (χ0n) is 13.0. The van der Waals surface area contributed by atoms with Gasteiger partial charge in [-0.05, 0) is 63.0 Å². The normalized spacial score (nSPS) is 25.8. The van der Waals surface area contributed by atoms with E-state index in [9.17, 15) is 5.11 Å². The molecule has 1 aliphatic carbocycles. The molecule has 108 valence electrons. The largest absolute Gasteiger partial charge is 0.508 e. The van der Waals surface area contributed by atoms with Crippen LogP contribution in [0.3, 0.4) is 0 Å². The minimum Gasteiger partial charge on any atom is -0.508 e. The first-order valence-corrected chi connectivity index (χ1v) is 7.34. The summed E-state index contributed by atoms with van der Waals surface area (Å²) in [5.74, 6) is 0.359. The molecule has 1 heterocycles. The minimum absolute atomic E-state index is 0.165. The maximum Gasteiger partial charge on any atom is 0.494 e. The van der Waals surface area contributed by atoms with Gasteiger partial charge in [-0.1, -0.05) is 19.1 Å². The van der Waals surface area contributed by atoms with E-state index in [0.29, 0.717) is 5.75 Å². The lowest BCUT2D eigenvalue weighted by atomic mass is 9.77. The molecule has 1 aromatic rings. The molecule has 0 radical (unpaired) electrons. The van der Waals surface area contributed by atoms with Crippen molar-refractivity contribution in [3.8, 4) is 5.75 Å². The number of benzene rings is 1. The summed E-state index contributed by atoms with van der Waals surface area (Å²) >= 11 is 0. The summed E-state index contributed by atoms with van der Waals surface area (Å²) in [7, 11) is -0.410. The van der Waals surface area contributed by atoms with Crippen LogP contribution in [0.25, 0.3) is 0 Å². The van der Waals surface area contributed by atoms with Gasteiger partial charge in [0.15, 0.2) is 0 Å². The maximum atomic E-state index is 10.3. The Morgan fingerprint density at radius 2 is 1.55 bits per heavy atom. The molecule has 0 amide bonds. The molecule has 20 heavy (non-hydrogen) atoms. The fourth-order valence-electron chi connectivity index (χ4n) is 2.64. The summed E-state index contributed by atoms with van der Waals surface area (Å²) in [6.07, 6.45) is 2.30. The predicted octanol–water partition coefficient (Wildman–Crippen LogP) is 2.74. The van der Waals surface area contributed by atoms with Gasteiger partial charge in [0.05, 0.1) is 11.2 Å². The molecule has 0 unspecified atom stereocenters. The second kappa shape index (κ2) is 4.02. The molecule has 1 aliphatic heterocycles. The van der Waals surface area contributed by atoms with Crippen molar-refractivity contribution in [2.45, 2.75) is 64.1 Å². The lowest BCUT2D eigenvalue weighted by Gasteiger charge is -2.32. The highest BCUT2D eigenvalue weighted by molar-refractivity contribution is 6.62. The zero-order chi connectivity index (χ0) is 14.8. The van der Waals surface area contributed by atoms with E-state index in [-0.39, 0.29) is 16.6 Å².